The molecule has 0 N–H and O–H groups in total. The molecule has 0 aliphatic heterocycles. The molecule has 0 heterocycles. The summed E-state index contributed by atoms with van der Waals surface area (Å²) in [6.07, 6.45) is 20.1. The van der Waals surface area contributed by atoms with Crippen molar-refractivity contribution >= 4 is 18.0 Å². The summed E-state index contributed by atoms with van der Waals surface area (Å²) in [6, 6.07) is 0. The lowest BCUT2D eigenvalue weighted by Gasteiger charge is -2.08. The predicted octanol–water partition coefficient (Wildman–Crippen LogP) is 6.31. The maximum absolute atomic E-state index is 10.1. The normalized spacial score (nSPS) is 12.5. The van der Waals surface area contributed by atoms with Crippen molar-refractivity contribution < 1.29 is 4.79 Å². The van der Waals surface area contributed by atoms with E-state index in [4.69, 9.17) is 0 Å². The molecule has 1 nitrogen and oxygen atoms in total. The van der Waals surface area contributed by atoms with E-state index < -0.39 is 0 Å². The van der Waals surface area contributed by atoms with E-state index in [1.165, 1.54) is 83.5 Å². The molecular weight excluding hydrogens is 264 g/mol. The Balaban J connectivity index is 3.04. The van der Waals surface area contributed by atoms with Gasteiger partial charge in [0.1, 0.15) is 0 Å². The van der Waals surface area contributed by atoms with Crippen molar-refractivity contribution in [2.75, 3.05) is 5.75 Å². The Kier molecular flexibility index (Phi) is 17.1. The van der Waals surface area contributed by atoms with E-state index in [-0.39, 0.29) is 0 Å². The Morgan fingerprint density at radius 1 is 0.800 bits per heavy atom. The van der Waals surface area contributed by atoms with Gasteiger partial charge in [0, 0.05) is 5.25 Å². The van der Waals surface area contributed by atoms with E-state index in [1.807, 2.05) is 6.29 Å². The van der Waals surface area contributed by atoms with E-state index in [9.17, 15) is 4.79 Å². The summed E-state index contributed by atoms with van der Waals surface area (Å²) in [6.45, 7) is 4.50. The standard InChI is InChI=1S/C18H35OS/c1-3-4-5-6-7-8-9-10-11-12-13-14-15-18(2)20-17-16-19/h18H,3-15,17H2,1-2H3. The second-order valence-electron chi connectivity index (χ2n) is 5.94. The summed E-state index contributed by atoms with van der Waals surface area (Å²) in [5.74, 6) is 0.541. The molecule has 0 fully saturated rings. The average molecular weight is 300 g/mol. The molecule has 20 heavy (non-hydrogen) atoms. The molecule has 0 aliphatic carbocycles. The van der Waals surface area contributed by atoms with Crippen molar-refractivity contribution in [3.05, 3.63) is 0 Å². The highest BCUT2D eigenvalue weighted by Crippen LogP contribution is 2.17. The average Bonchev–Trinajstić information content (AvgIpc) is 2.46. The van der Waals surface area contributed by atoms with Crippen molar-refractivity contribution in [3.63, 3.8) is 0 Å². The maximum Gasteiger partial charge on any atom is 0.209 e. The Bertz CT molecular complexity index is 194. The van der Waals surface area contributed by atoms with Gasteiger partial charge in [0.05, 0.1) is 5.75 Å². The molecule has 1 radical (unpaired) electrons. The number of carbonyl (C=O) groups excluding carboxylic acids is 1. The van der Waals surface area contributed by atoms with Gasteiger partial charge in [-0.1, -0.05) is 90.9 Å². The van der Waals surface area contributed by atoms with Gasteiger partial charge in [-0.2, -0.15) is 11.8 Å². The van der Waals surface area contributed by atoms with Gasteiger partial charge in [-0.05, 0) is 6.42 Å². The van der Waals surface area contributed by atoms with Gasteiger partial charge >= 0.3 is 0 Å². The van der Waals surface area contributed by atoms with Crippen molar-refractivity contribution in [3.8, 4) is 0 Å². The third-order valence-electron chi connectivity index (χ3n) is 3.89. The molecule has 0 saturated carbocycles. The van der Waals surface area contributed by atoms with Gasteiger partial charge in [-0.3, -0.25) is 4.79 Å². The van der Waals surface area contributed by atoms with E-state index >= 15 is 0 Å². The van der Waals surface area contributed by atoms with Crippen molar-refractivity contribution in [1.29, 1.82) is 0 Å². The summed E-state index contributed by atoms with van der Waals surface area (Å²) < 4.78 is 0. The highest BCUT2D eigenvalue weighted by atomic mass is 32.2. The quantitative estimate of drug-likeness (QED) is 0.311. The van der Waals surface area contributed by atoms with Gasteiger partial charge in [0.15, 0.2) is 0 Å². The van der Waals surface area contributed by atoms with Gasteiger partial charge in [0.25, 0.3) is 0 Å². The van der Waals surface area contributed by atoms with Crippen molar-refractivity contribution in [2.24, 2.45) is 0 Å². The molecular formula is C18H35OS. The van der Waals surface area contributed by atoms with E-state index in [2.05, 4.69) is 13.8 Å². The third kappa shape index (κ3) is 16.1. The Labute approximate surface area is 131 Å². The van der Waals surface area contributed by atoms with E-state index in [1.54, 1.807) is 11.8 Å². The second kappa shape index (κ2) is 17.1. The molecule has 119 valence electrons. The molecule has 0 rings (SSSR count). The third-order valence-corrected chi connectivity index (χ3v) is 4.98. The van der Waals surface area contributed by atoms with Crippen LogP contribution in [0.1, 0.15) is 97.3 Å². The Morgan fingerprint density at radius 2 is 1.25 bits per heavy atom. The molecule has 2 heteroatoms. The molecule has 0 bridgehead atoms. The fraction of sp³-hybridized carbons (Fsp3) is 0.944. The summed E-state index contributed by atoms with van der Waals surface area (Å²) in [5.41, 5.74) is 0. The van der Waals surface area contributed by atoms with Crippen LogP contribution in [0.2, 0.25) is 0 Å². The van der Waals surface area contributed by atoms with Crippen LogP contribution in [-0.4, -0.2) is 17.3 Å². The Morgan fingerprint density at radius 3 is 1.70 bits per heavy atom. The zero-order chi connectivity index (χ0) is 14.9. The first-order valence-electron chi connectivity index (χ1n) is 8.77. The SMILES string of the molecule is CCCCCCCCCCCCCCC(C)SC[C]=O. The lowest BCUT2D eigenvalue weighted by Crippen LogP contribution is -1.98. The van der Waals surface area contributed by atoms with Crippen LogP contribution in [0.5, 0.6) is 0 Å². The topological polar surface area (TPSA) is 17.1 Å². The van der Waals surface area contributed by atoms with Crippen LogP contribution in [0.3, 0.4) is 0 Å². The minimum Gasteiger partial charge on any atom is -0.290 e. The molecule has 0 spiro atoms. The fourth-order valence-corrected chi connectivity index (χ4v) is 3.22. The largest absolute Gasteiger partial charge is 0.290 e. The predicted molar refractivity (Wildman–Crippen MR) is 93.3 cm³/mol. The maximum atomic E-state index is 10.1. The number of thioether (sulfide) groups is 1. The van der Waals surface area contributed by atoms with Gasteiger partial charge < -0.3 is 0 Å². The van der Waals surface area contributed by atoms with Crippen LogP contribution >= 0.6 is 11.8 Å². The summed E-state index contributed by atoms with van der Waals surface area (Å²) in [4.78, 5) is 10.1. The molecule has 0 aromatic rings. The van der Waals surface area contributed by atoms with Crippen molar-refractivity contribution in [2.45, 2.75) is 103 Å². The number of hydrogen-bond acceptors (Lipinski definition) is 2. The lowest BCUT2D eigenvalue weighted by molar-refractivity contribution is 0.539. The van der Waals surface area contributed by atoms with Crippen molar-refractivity contribution in [1.82, 2.24) is 0 Å². The summed E-state index contributed by atoms with van der Waals surface area (Å²) in [5, 5.41) is 0.625. The highest BCUT2D eigenvalue weighted by molar-refractivity contribution is 8.00. The van der Waals surface area contributed by atoms with Crippen LogP contribution in [0.15, 0.2) is 0 Å². The van der Waals surface area contributed by atoms with Gasteiger partial charge in [0.2, 0.25) is 6.29 Å². The molecule has 0 aliphatic rings. The number of unbranched alkanes of at least 4 members (excludes halogenated alkanes) is 11. The fourth-order valence-electron chi connectivity index (χ4n) is 2.53. The van der Waals surface area contributed by atoms with Crippen LogP contribution < -0.4 is 0 Å². The first-order chi connectivity index (χ1) is 9.81. The summed E-state index contributed by atoms with van der Waals surface area (Å²) in [7, 11) is 0. The molecule has 0 saturated heterocycles. The van der Waals surface area contributed by atoms with Crippen LogP contribution in [0.4, 0.5) is 0 Å². The van der Waals surface area contributed by atoms with Crippen LogP contribution in [0, 0.1) is 0 Å². The first kappa shape index (κ1) is 20.0. The monoisotopic (exact) mass is 299 g/mol. The van der Waals surface area contributed by atoms with E-state index in [0.29, 0.717) is 11.0 Å². The molecule has 1 atom stereocenters. The molecule has 1 unspecified atom stereocenters. The zero-order valence-electron chi connectivity index (χ0n) is 13.8. The summed E-state index contributed by atoms with van der Waals surface area (Å²) >= 11 is 1.74. The molecule has 0 aromatic carbocycles. The molecule has 0 amide bonds. The first-order valence-corrected chi connectivity index (χ1v) is 9.82. The second-order valence-corrected chi connectivity index (χ2v) is 7.37. The van der Waals surface area contributed by atoms with Gasteiger partial charge in [-0.15, -0.1) is 0 Å². The van der Waals surface area contributed by atoms with Gasteiger partial charge in [-0.25, -0.2) is 0 Å². The number of hydrogen-bond donors (Lipinski definition) is 0. The number of rotatable bonds is 16. The highest BCUT2D eigenvalue weighted by Gasteiger charge is 2.01. The van der Waals surface area contributed by atoms with Crippen LogP contribution in [-0.2, 0) is 4.79 Å². The van der Waals surface area contributed by atoms with Crippen LogP contribution in [0.25, 0.3) is 0 Å². The minimum atomic E-state index is 0.541. The lowest BCUT2D eigenvalue weighted by atomic mass is 10.0. The zero-order valence-corrected chi connectivity index (χ0v) is 14.6. The smallest absolute Gasteiger partial charge is 0.209 e. The molecule has 0 aromatic heterocycles. The van der Waals surface area contributed by atoms with E-state index in [0.717, 1.165) is 0 Å². The minimum absolute atomic E-state index is 0.541. The Hall–Kier alpha value is 0.0200.